The van der Waals surface area contributed by atoms with Gasteiger partial charge in [-0.1, -0.05) is 12.1 Å². The monoisotopic (exact) mass is 311 g/mol. The van der Waals surface area contributed by atoms with Crippen molar-refractivity contribution in [1.29, 1.82) is 0 Å². The average Bonchev–Trinajstić information content (AvgIpc) is 2.47. The number of carbonyl (C=O) groups excluding carboxylic acids is 1. The molecule has 1 amide bonds. The molecular formula is C14H18ClN3O3. The maximum absolute atomic E-state index is 12.6. The Balaban J connectivity index is 2.16. The standard InChI is InChI=1S/C14H18ClN3O3/c1-11-3-2-4-12(18(20)21)13(11)14(19)17-9-7-16(6-5-15)8-10-17/h2-4H,5-10H2,1H3. The van der Waals surface area contributed by atoms with Crippen LogP contribution in [0.3, 0.4) is 0 Å². The first kappa shape index (κ1) is 15.7. The summed E-state index contributed by atoms with van der Waals surface area (Å²) in [5.74, 6) is 0.308. The first-order chi connectivity index (χ1) is 10.0. The SMILES string of the molecule is Cc1cccc([N+](=O)[O-])c1C(=O)N1CCN(CCCl)CC1. The Morgan fingerprint density at radius 2 is 2.00 bits per heavy atom. The van der Waals surface area contributed by atoms with Gasteiger partial charge in [0.05, 0.1) is 4.92 Å². The Labute approximate surface area is 128 Å². The molecule has 114 valence electrons. The van der Waals surface area contributed by atoms with E-state index in [4.69, 9.17) is 11.6 Å². The highest BCUT2D eigenvalue weighted by Crippen LogP contribution is 2.24. The molecule has 1 heterocycles. The molecule has 0 N–H and O–H groups in total. The first-order valence-corrected chi connectivity index (χ1v) is 7.39. The number of hydrogen-bond acceptors (Lipinski definition) is 4. The minimum atomic E-state index is -0.496. The van der Waals surface area contributed by atoms with Gasteiger partial charge in [0, 0.05) is 44.7 Å². The summed E-state index contributed by atoms with van der Waals surface area (Å²) in [6.07, 6.45) is 0. The smallest absolute Gasteiger partial charge is 0.282 e. The summed E-state index contributed by atoms with van der Waals surface area (Å²) >= 11 is 5.71. The normalized spacial score (nSPS) is 16.0. The Hall–Kier alpha value is -1.66. The molecule has 1 aromatic carbocycles. The van der Waals surface area contributed by atoms with Crippen LogP contribution in [0.4, 0.5) is 5.69 Å². The van der Waals surface area contributed by atoms with Crippen LogP contribution in [0.25, 0.3) is 0 Å². The number of carbonyl (C=O) groups is 1. The number of rotatable bonds is 4. The highest BCUT2D eigenvalue weighted by molar-refractivity contribution is 6.18. The maximum atomic E-state index is 12.6. The number of halogens is 1. The Morgan fingerprint density at radius 1 is 1.33 bits per heavy atom. The molecular weight excluding hydrogens is 294 g/mol. The maximum Gasteiger partial charge on any atom is 0.282 e. The van der Waals surface area contributed by atoms with Crippen LogP contribution in [0, 0.1) is 17.0 Å². The van der Waals surface area contributed by atoms with E-state index >= 15 is 0 Å². The van der Waals surface area contributed by atoms with Crippen molar-refractivity contribution in [3.8, 4) is 0 Å². The van der Waals surface area contributed by atoms with Crippen LogP contribution in [0.2, 0.25) is 0 Å². The lowest BCUT2D eigenvalue weighted by Gasteiger charge is -2.34. The lowest BCUT2D eigenvalue weighted by molar-refractivity contribution is -0.385. The van der Waals surface area contributed by atoms with E-state index in [2.05, 4.69) is 4.90 Å². The molecule has 0 bridgehead atoms. The molecule has 0 spiro atoms. The molecule has 6 nitrogen and oxygen atoms in total. The molecule has 0 aliphatic carbocycles. The van der Waals surface area contributed by atoms with Crippen molar-refractivity contribution < 1.29 is 9.72 Å². The zero-order chi connectivity index (χ0) is 15.4. The van der Waals surface area contributed by atoms with Crippen LogP contribution in [0.15, 0.2) is 18.2 Å². The molecule has 2 rings (SSSR count). The summed E-state index contributed by atoms with van der Waals surface area (Å²) in [5.41, 5.74) is 0.717. The molecule has 0 radical (unpaired) electrons. The minimum Gasteiger partial charge on any atom is -0.336 e. The first-order valence-electron chi connectivity index (χ1n) is 6.86. The highest BCUT2D eigenvalue weighted by Gasteiger charge is 2.28. The number of hydrogen-bond donors (Lipinski definition) is 0. The zero-order valence-corrected chi connectivity index (χ0v) is 12.7. The van der Waals surface area contributed by atoms with E-state index in [1.165, 1.54) is 6.07 Å². The van der Waals surface area contributed by atoms with Crippen molar-refractivity contribution in [2.24, 2.45) is 0 Å². The number of benzene rings is 1. The lowest BCUT2D eigenvalue weighted by Crippen LogP contribution is -2.49. The molecule has 1 aromatic rings. The van der Waals surface area contributed by atoms with Gasteiger partial charge in [-0.15, -0.1) is 11.6 Å². The number of nitro groups is 1. The van der Waals surface area contributed by atoms with Crippen LogP contribution >= 0.6 is 11.6 Å². The lowest BCUT2D eigenvalue weighted by atomic mass is 10.0. The number of nitro benzene ring substituents is 1. The van der Waals surface area contributed by atoms with Gasteiger partial charge in [-0.3, -0.25) is 19.8 Å². The molecule has 0 unspecified atom stereocenters. The second-order valence-corrected chi connectivity index (χ2v) is 5.43. The van der Waals surface area contributed by atoms with Crippen LogP contribution < -0.4 is 0 Å². The third-order valence-electron chi connectivity index (χ3n) is 3.72. The van der Waals surface area contributed by atoms with Crippen LogP contribution in [-0.4, -0.2) is 59.2 Å². The van der Waals surface area contributed by atoms with Crippen molar-refractivity contribution in [2.45, 2.75) is 6.92 Å². The summed E-state index contributed by atoms with van der Waals surface area (Å²) in [5, 5.41) is 11.1. The Morgan fingerprint density at radius 3 is 2.57 bits per heavy atom. The molecule has 7 heteroatoms. The fraction of sp³-hybridized carbons (Fsp3) is 0.500. The van der Waals surface area contributed by atoms with Crippen LogP contribution in [0.1, 0.15) is 15.9 Å². The molecule has 0 saturated carbocycles. The van der Waals surface area contributed by atoms with E-state index in [9.17, 15) is 14.9 Å². The van der Waals surface area contributed by atoms with Gasteiger partial charge in [0.2, 0.25) is 0 Å². The van der Waals surface area contributed by atoms with E-state index in [-0.39, 0.29) is 17.2 Å². The van der Waals surface area contributed by atoms with Crippen molar-refractivity contribution in [2.75, 3.05) is 38.6 Å². The average molecular weight is 312 g/mol. The predicted octanol–water partition coefficient (Wildman–Crippen LogP) is 1.90. The van der Waals surface area contributed by atoms with Gasteiger partial charge < -0.3 is 4.90 Å². The molecule has 1 aliphatic rings. The summed E-state index contributed by atoms with van der Waals surface area (Å²) in [6.45, 7) is 5.16. The van der Waals surface area contributed by atoms with Crippen LogP contribution in [0.5, 0.6) is 0 Å². The molecule has 0 atom stereocenters. The third kappa shape index (κ3) is 3.51. The summed E-state index contributed by atoms with van der Waals surface area (Å²) in [6, 6.07) is 4.70. The summed E-state index contributed by atoms with van der Waals surface area (Å²) < 4.78 is 0. The van der Waals surface area contributed by atoms with Crippen molar-refractivity contribution in [1.82, 2.24) is 9.80 Å². The molecule has 1 aliphatic heterocycles. The quantitative estimate of drug-likeness (QED) is 0.484. The minimum absolute atomic E-state index is 0.122. The van der Waals surface area contributed by atoms with Gasteiger partial charge in [0.25, 0.3) is 11.6 Å². The van der Waals surface area contributed by atoms with Gasteiger partial charge >= 0.3 is 0 Å². The van der Waals surface area contributed by atoms with E-state index < -0.39 is 4.92 Å². The van der Waals surface area contributed by atoms with E-state index in [1.807, 2.05) is 0 Å². The van der Waals surface area contributed by atoms with Gasteiger partial charge in [-0.25, -0.2) is 0 Å². The number of piperazine rings is 1. The molecule has 21 heavy (non-hydrogen) atoms. The third-order valence-corrected chi connectivity index (χ3v) is 3.89. The van der Waals surface area contributed by atoms with E-state index in [1.54, 1.807) is 24.0 Å². The van der Waals surface area contributed by atoms with Gasteiger partial charge in [-0.2, -0.15) is 0 Å². The predicted molar refractivity (Wildman–Crippen MR) is 80.9 cm³/mol. The fourth-order valence-corrected chi connectivity index (χ4v) is 2.77. The number of aryl methyl sites for hydroxylation is 1. The fourth-order valence-electron chi connectivity index (χ4n) is 2.53. The van der Waals surface area contributed by atoms with E-state index in [0.717, 1.165) is 19.6 Å². The topological polar surface area (TPSA) is 66.7 Å². The summed E-state index contributed by atoms with van der Waals surface area (Å²) in [4.78, 5) is 27.1. The zero-order valence-electron chi connectivity index (χ0n) is 11.9. The Bertz CT molecular complexity index is 542. The van der Waals surface area contributed by atoms with Crippen molar-refractivity contribution in [3.05, 3.63) is 39.4 Å². The second kappa shape index (κ2) is 6.87. The van der Waals surface area contributed by atoms with Gasteiger partial charge in [0.1, 0.15) is 5.56 Å². The number of alkyl halides is 1. The molecule has 1 fully saturated rings. The number of nitrogens with zero attached hydrogens (tertiary/aromatic N) is 3. The number of amides is 1. The van der Waals surface area contributed by atoms with Gasteiger partial charge in [0.15, 0.2) is 0 Å². The van der Waals surface area contributed by atoms with Gasteiger partial charge in [-0.05, 0) is 12.5 Å². The van der Waals surface area contributed by atoms with Crippen molar-refractivity contribution >= 4 is 23.2 Å². The molecule has 1 saturated heterocycles. The Kier molecular flexibility index (Phi) is 5.14. The molecule has 0 aromatic heterocycles. The largest absolute Gasteiger partial charge is 0.336 e. The van der Waals surface area contributed by atoms with E-state index in [0.29, 0.717) is 24.5 Å². The summed E-state index contributed by atoms with van der Waals surface area (Å²) in [7, 11) is 0. The highest BCUT2D eigenvalue weighted by atomic mass is 35.5. The second-order valence-electron chi connectivity index (χ2n) is 5.05. The van der Waals surface area contributed by atoms with Crippen molar-refractivity contribution in [3.63, 3.8) is 0 Å². The van der Waals surface area contributed by atoms with Crippen LogP contribution in [-0.2, 0) is 0 Å².